The Morgan fingerprint density at radius 1 is 1.14 bits per heavy atom. The molecule has 1 unspecified atom stereocenters. The first kappa shape index (κ1) is 14.8. The molecule has 0 radical (unpaired) electrons. The topological polar surface area (TPSA) is 41.5 Å². The summed E-state index contributed by atoms with van der Waals surface area (Å²) in [7, 11) is 0. The zero-order valence-corrected chi connectivity index (χ0v) is 12.5. The first-order valence-corrected chi connectivity index (χ1v) is 7.63. The fourth-order valence-electron chi connectivity index (χ4n) is 2.85. The Morgan fingerprint density at radius 3 is 2.59 bits per heavy atom. The Labute approximate surface area is 131 Å². The number of aliphatic hydroxyl groups is 1. The maximum atomic E-state index is 9.57. The summed E-state index contributed by atoms with van der Waals surface area (Å²) in [5.74, 6) is 0.861. The van der Waals surface area contributed by atoms with Crippen molar-refractivity contribution >= 4 is 6.08 Å². The maximum absolute atomic E-state index is 9.57. The molecule has 2 aromatic carbocycles. The quantitative estimate of drug-likeness (QED) is 0.890. The molecule has 22 heavy (non-hydrogen) atoms. The van der Waals surface area contributed by atoms with Crippen molar-refractivity contribution in [3.8, 4) is 16.9 Å². The van der Waals surface area contributed by atoms with E-state index in [1.807, 2.05) is 42.5 Å². The van der Waals surface area contributed by atoms with Crippen molar-refractivity contribution in [2.24, 2.45) is 0 Å². The highest BCUT2D eigenvalue weighted by Gasteiger charge is 2.22. The second-order valence-electron chi connectivity index (χ2n) is 5.59. The van der Waals surface area contributed by atoms with Crippen molar-refractivity contribution in [2.45, 2.75) is 18.6 Å². The third-order valence-corrected chi connectivity index (χ3v) is 4.00. The summed E-state index contributed by atoms with van der Waals surface area (Å²) in [6.45, 7) is 5.09. The van der Waals surface area contributed by atoms with E-state index >= 15 is 0 Å². The van der Waals surface area contributed by atoms with E-state index in [2.05, 4.69) is 24.0 Å². The number of nitrogens with one attached hydrogen (secondary N) is 1. The minimum absolute atomic E-state index is 0.206. The molecule has 1 saturated heterocycles. The molecule has 3 heteroatoms. The standard InChI is InChI=1S/C19H21NO2/c1-2-14-7-3-4-8-17(14)18-9-5-6-10-19(18)22-13-15-11-16(21)12-20-15/h2-10,15-16,20-21H,1,11-13H2/t15?,16-/m1/s1. The maximum Gasteiger partial charge on any atom is 0.127 e. The lowest BCUT2D eigenvalue weighted by molar-refractivity contribution is 0.187. The molecule has 1 fully saturated rings. The average Bonchev–Trinajstić information content (AvgIpc) is 2.98. The van der Waals surface area contributed by atoms with E-state index in [4.69, 9.17) is 4.74 Å². The van der Waals surface area contributed by atoms with E-state index in [9.17, 15) is 5.11 Å². The van der Waals surface area contributed by atoms with Gasteiger partial charge < -0.3 is 15.2 Å². The molecular formula is C19H21NO2. The fraction of sp³-hybridized carbons (Fsp3) is 0.263. The van der Waals surface area contributed by atoms with Gasteiger partial charge in [0.25, 0.3) is 0 Å². The monoisotopic (exact) mass is 295 g/mol. The fourth-order valence-corrected chi connectivity index (χ4v) is 2.85. The summed E-state index contributed by atoms with van der Waals surface area (Å²) in [5.41, 5.74) is 3.28. The van der Waals surface area contributed by atoms with Gasteiger partial charge in [0.05, 0.1) is 6.10 Å². The van der Waals surface area contributed by atoms with Crippen molar-refractivity contribution in [1.29, 1.82) is 0 Å². The molecular weight excluding hydrogens is 274 g/mol. The lowest BCUT2D eigenvalue weighted by atomic mass is 9.99. The van der Waals surface area contributed by atoms with Gasteiger partial charge in [-0.1, -0.05) is 55.1 Å². The summed E-state index contributed by atoms with van der Waals surface area (Å²) < 4.78 is 6.02. The first-order valence-electron chi connectivity index (χ1n) is 7.63. The van der Waals surface area contributed by atoms with Crippen LogP contribution in [0.25, 0.3) is 17.2 Å². The SMILES string of the molecule is C=Cc1ccccc1-c1ccccc1OCC1C[C@@H](O)CN1. The van der Waals surface area contributed by atoms with Gasteiger partial charge in [-0.05, 0) is 23.6 Å². The van der Waals surface area contributed by atoms with Crippen LogP contribution in [0.1, 0.15) is 12.0 Å². The summed E-state index contributed by atoms with van der Waals surface area (Å²) in [4.78, 5) is 0. The second-order valence-corrected chi connectivity index (χ2v) is 5.59. The van der Waals surface area contributed by atoms with Crippen LogP contribution in [-0.2, 0) is 0 Å². The normalized spacial score (nSPS) is 20.8. The Morgan fingerprint density at radius 2 is 1.86 bits per heavy atom. The lowest BCUT2D eigenvalue weighted by Crippen LogP contribution is -2.28. The highest BCUT2D eigenvalue weighted by atomic mass is 16.5. The summed E-state index contributed by atoms with van der Waals surface area (Å²) >= 11 is 0. The molecule has 2 atom stereocenters. The van der Waals surface area contributed by atoms with Crippen molar-refractivity contribution < 1.29 is 9.84 Å². The molecule has 0 bridgehead atoms. The van der Waals surface area contributed by atoms with Crippen molar-refractivity contribution in [2.75, 3.05) is 13.2 Å². The Kier molecular flexibility index (Phi) is 4.56. The van der Waals surface area contributed by atoms with Crippen LogP contribution < -0.4 is 10.1 Å². The molecule has 0 saturated carbocycles. The van der Waals surface area contributed by atoms with Gasteiger partial charge in [0, 0.05) is 18.2 Å². The van der Waals surface area contributed by atoms with Crippen LogP contribution in [0.3, 0.4) is 0 Å². The smallest absolute Gasteiger partial charge is 0.127 e. The van der Waals surface area contributed by atoms with Crippen LogP contribution in [0, 0.1) is 0 Å². The highest BCUT2D eigenvalue weighted by Crippen LogP contribution is 2.33. The van der Waals surface area contributed by atoms with Gasteiger partial charge in [0.2, 0.25) is 0 Å². The highest BCUT2D eigenvalue weighted by molar-refractivity contribution is 5.78. The number of rotatable bonds is 5. The van der Waals surface area contributed by atoms with Gasteiger partial charge in [-0.2, -0.15) is 0 Å². The molecule has 3 nitrogen and oxygen atoms in total. The Balaban J connectivity index is 1.82. The van der Waals surface area contributed by atoms with E-state index in [1.54, 1.807) is 0 Å². The minimum Gasteiger partial charge on any atom is -0.491 e. The zero-order valence-electron chi connectivity index (χ0n) is 12.5. The largest absolute Gasteiger partial charge is 0.491 e. The lowest BCUT2D eigenvalue weighted by Gasteiger charge is -2.16. The Hall–Kier alpha value is -2.10. The van der Waals surface area contributed by atoms with Crippen LogP contribution in [-0.4, -0.2) is 30.4 Å². The van der Waals surface area contributed by atoms with E-state index in [-0.39, 0.29) is 12.1 Å². The molecule has 1 aliphatic heterocycles. The van der Waals surface area contributed by atoms with E-state index < -0.39 is 0 Å². The molecule has 114 valence electrons. The predicted octanol–water partition coefficient (Wildman–Crippen LogP) is 3.10. The molecule has 0 aliphatic carbocycles. The Bertz CT molecular complexity index is 653. The van der Waals surface area contributed by atoms with Gasteiger partial charge in [-0.3, -0.25) is 0 Å². The molecule has 2 aromatic rings. The number of β-amino-alcohol motifs (C(OH)–C–C–N with tert-alkyl or cyclic N) is 1. The minimum atomic E-state index is -0.259. The van der Waals surface area contributed by atoms with E-state index in [0.717, 1.165) is 28.9 Å². The third kappa shape index (κ3) is 3.21. The van der Waals surface area contributed by atoms with Crippen molar-refractivity contribution in [3.63, 3.8) is 0 Å². The van der Waals surface area contributed by atoms with Crippen LogP contribution in [0.2, 0.25) is 0 Å². The molecule has 1 heterocycles. The van der Waals surface area contributed by atoms with Gasteiger partial charge >= 0.3 is 0 Å². The van der Waals surface area contributed by atoms with Crippen LogP contribution in [0.15, 0.2) is 55.1 Å². The molecule has 2 N–H and O–H groups in total. The summed E-state index contributed by atoms with van der Waals surface area (Å²) in [6.07, 6.45) is 2.34. The first-order chi connectivity index (χ1) is 10.8. The number of ether oxygens (including phenoxy) is 1. The number of benzene rings is 2. The number of hydrogen-bond acceptors (Lipinski definition) is 3. The number of hydrogen-bond donors (Lipinski definition) is 2. The van der Waals surface area contributed by atoms with E-state index in [0.29, 0.717) is 13.2 Å². The van der Waals surface area contributed by atoms with Gasteiger partial charge in [-0.15, -0.1) is 0 Å². The molecule has 0 aromatic heterocycles. The summed E-state index contributed by atoms with van der Waals surface area (Å²) in [6, 6.07) is 16.4. The number of para-hydroxylation sites is 1. The molecule has 1 aliphatic rings. The molecule has 0 amide bonds. The number of aliphatic hydroxyl groups excluding tert-OH is 1. The van der Waals surface area contributed by atoms with Gasteiger partial charge in [0.15, 0.2) is 0 Å². The van der Waals surface area contributed by atoms with Crippen LogP contribution in [0.5, 0.6) is 5.75 Å². The second kappa shape index (κ2) is 6.77. The third-order valence-electron chi connectivity index (χ3n) is 4.00. The van der Waals surface area contributed by atoms with Gasteiger partial charge in [-0.25, -0.2) is 0 Å². The summed E-state index contributed by atoms with van der Waals surface area (Å²) in [5, 5.41) is 12.8. The average molecular weight is 295 g/mol. The van der Waals surface area contributed by atoms with Crippen molar-refractivity contribution in [3.05, 3.63) is 60.7 Å². The predicted molar refractivity (Wildman–Crippen MR) is 89.9 cm³/mol. The zero-order chi connectivity index (χ0) is 15.4. The molecule has 0 spiro atoms. The van der Waals surface area contributed by atoms with Crippen molar-refractivity contribution in [1.82, 2.24) is 5.32 Å². The van der Waals surface area contributed by atoms with Crippen LogP contribution >= 0.6 is 0 Å². The van der Waals surface area contributed by atoms with Crippen LogP contribution in [0.4, 0.5) is 0 Å². The molecule has 3 rings (SSSR count). The van der Waals surface area contributed by atoms with E-state index in [1.165, 1.54) is 0 Å². The van der Waals surface area contributed by atoms with Gasteiger partial charge in [0.1, 0.15) is 12.4 Å².